The van der Waals surface area contributed by atoms with E-state index in [9.17, 15) is 32.8 Å². The van der Waals surface area contributed by atoms with Crippen LogP contribution >= 0.6 is 11.6 Å². The van der Waals surface area contributed by atoms with Gasteiger partial charge in [0.1, 0.15) is 28.6 Å². The molecule has 0 amide bonds. The molecule has 33 heavy (non-hydrogen) atoms. The summed E-state index contributed by atoms with van der Waals surface area (Å²) in [5.74, 6) is -3.61. The van der Waals surface area contributed by atoms with E-state index >= 15 is 4.39 Å². The molecule has 0 bridgehead atoms. The van der Waals surface area contributed by atoms with Crippen molar-refractivity contribution in [3.63, 3.8) is 0 Å². The van der Waals surface area contributed by atoms with Crippen LogP contribution in [0.5, 0.6) is 0 Å². The second-order valence-corrected chi connectivity index (χ2v) is 7.26. The number of carbonyl (C=O) groups excluding carboxylic acids is 1. The van der Waals surface area contributed by atoms with Crippen molar-refractivity contribution in [1.29, 1.82) is 5.26 Å². The van der Waals surface area contributed by atoms with Gasteiger partial charge in [0.05, 0.1) is 23.1 Å². The minimum absolute atomic E-state index is 0.0730. The lowest BCUT2D eigenvalue weighted by Gasteiger charge is -2.14. The quantitative estimate of drug-likeness (QED) is 0.408. The maximum Gasteiger partial charge on any atom is 0.431 e. The van der Waals surface area contributed by atoms with Crippen molar-refractivity contribution < 1.29 is 31.5 Å². The molecule has 2 heterocycles. The number of nitrogens with zero attached hydrogens (tertiary/aromatic N) is 3. The van der Waals surface area contributed by atoms with Gasteiger partial charge in [0.15, 0.2) is 11.4 Å². The number of alkyl halides is 3. The number of hydrogen-bond donors (Lipinski definition) is 0. The average Bonchev–Trinajstić information content (AvgIpc) is 3.12. The van der Waals surface area contributed by atoms with Gasteiger partial charge in [-0.2, -0.15) is 18.4 Å². The molecule has 0 radical (unpaired) electrons. The molecule has 0 saturated carbocycles. The van der Waals surface area contributed by atoms with Gasteiger partial charge >= 0.3 is 17.8 Å². The number of halogens is 5. The Morgan fingerprint density at radius 1 is 1.33 bits per heavy atom. The van der Waals surface area contributed by atoms with Crippen molar-refractivity contribution in [2.45, 2.75) is 25.9 Å². The van der Waals surface area contributed by atoms with E-state index in [-0.39, 0.29) is 43.5 Å². The minimum atomic E-state index is -5.03. The number of fused-ring (bicyclic) bond motifs is 1. The van der Waals surface area contributed by atoms with Crippen LogP contribution in [0.25, 0.3) is 16.7 Å². The van der Waals surface area contributed by atoms with Gasteiger partial charge in [-0.25, -0.2) is 18.5 Å². The van der Waals surface area contributed by atoms with Gasteiger partial charge in [-0.05, 0) is 19.9 Å². The second kappa shape index (κ2) is 8.40. The van der Waals surface area contributed by atoms with Crippen molar-refractivity contribution in [3.8, 4) is 11.8 Å². The van der Waals surface area contributed by atoms with Crippen LogP contribution in [-0.2, 0) is 18.0 Å². The molecule has 0 saturated heterocycles. The van der Waals surface area contributed by atoms with E-state index in [4.69, 9.17) is 20.8 Å². The Labute approximate surface area is 187 Å². The first-order chi connectivity index (χ1) is 15.3. The van der Waals surface area contributed by atoms with E-state index in [1.165, 1.54) is 13.8 Å². The first-order valence-electron chi connectivity index (χ1n) is 9.26. The number of hydrogen-bond acceptors (Lipinski definition) is 6. The molecule has 1 unspecified atom stereocenters. The van der Waals surface area contributed by atoms with Crippen LogP contribution in [-0.4, -0.2) is 21.7 Å². The molecule has 8 nitrogen and oxygen atoms in total. The van der Waals surface area contributed by atoms with Crippen LogP contribution in [0.3, 0.4) is 0 Å². The summed E-state index contributed by atoms with van der Waals surface area (Å²) in [6.45, 7) is 2.79. The molecular weight excluding hydrogens is 474 g/mol. The summed E-state index contributed by atoms with van der Waals surface area (Å²) in [5.41, 5.74) is -6.36. The predicted molar refractivity (Wildman–Crippen MR) is 107 cm³/mol. The van der Waals surface area contributed by atoms with Crippen LogP contribution in [0.1, 0.15) is 41.6 Å². The Kier molecular flexibility index (Phi) is 6.12. The van der Waals surface area contributed by atoms with Crippen LogP contribution in [0.2, 0.25) is 5.02 Å². The Morgan fingerprint density at radius 2 is 1.97 bits per heavy atom. The molecule has 0 N–H and O–H groups in total. The van der Waals surface area contributed by atoms with E-state index in [0.29, 0.717) is 6.07 Å². The number of ether oxygens (including phenoxy) is 1. The third kappa shape index (κ3) is 3.89. The zero-order valence-electron chi connectivity index (χ0n) is 17.2. The summed E-state index contributed by atoms with van der Waals surface area (Å²) in [7, 11) is 0.751. The number of nitriles is 1. The summed E-state index contributed by atoms with van der Waals surface area (Å²) in [4.78, 5) is 37.8. The molecule has 0 fully saturated rings. The number of rotatable bonds is 4. The topological polar surface area (TPSA) is 107 Å². The lowest BCUT2D eigenvalue weighted by Crippen LogP contribution is -2.41. The molecule has 0 aliphatic rings. The molecule has 3 aromatic rings. The van der Waals surface area contributed by atoms with E-state index in [1.54, 1.807) is 0 Å². The maximum absolute atomic E-state index is 15.0. The number of benzene rings is 1. The zero-order valence-corrected chi connectivity index (χ0v) is 18.0. The zero-order chi connectivity index (χ0) is 24.8. The summed E-state index contributed by atoms with van der Waals surface area (Å²) in [6.07, 6.45) is -5.03. The van der Waals surface area contributed by atoms with Crippen LogP contribution < -0.4 is 11.2 Å². The first kappa shape index (κ1) is 24.1. The highest BCUT2D eigenvalue weighted by Gasteiger charge is 2.36. The summed E-state index contributed by atoms with van der Waals surface area (Å²) < 4.78 is 65.3. The van der Waals surface area contributed by atoms with E-state index < -0.39 is 52.1 Å². The molecule has 3 rings (SSSR count). The average molecular weight is 488 g/mol. The number of carbonyl (C=O) groups is 1. The predicted octanol–water partition coefficient (Wildman–Crippen LogP) is 3.90. The second-order valence-electron chi connectivity index (χ2n) is 6.85. The normalized spacial score (nSPS) is 12.6. The Bertz CT molecular complexity index is 1450. The Balaban J connectivity index is 2.53. The Hall–Kier alpha value is -3.59. The Morgan fingerprint density at radius 3 is 2.52 bits per heavy atom. The highest BCUT2D eigenvalue weighted by Crippen LogP contribution is 2.40. The van der Waals surface area contributed by atoms with Gasteiger partial charge in [-0.1, -0.05) is 11.6 Å². The monoisotopic (exact) mass is 487 g/mol. The van der Waals surface area contributed by atoms with E-state index in [2.05, 4.69) is 0 Å². The van der Waals surface area contributed by atoms with Crippen molar-refractivity contribution in [2.24, 2.45) is 7.05 Å². The number of furan rings is 1. The molecule has 2 aromatic heterocycles. The van der Waals surface area contributed by atoms with Gasteiger partial charge in [-0.3, -0.25) is 9.36 Å². The van der Waals surface area contributed by atoms with Crippen molar-refractivity contribution in [1.82, 2.24) is 9.13 Å². The molecule has 0 spiro atoms. The fourth-order valence-electron chi connectivity index (χ4n) is 3.28. The molecule has 0 aliphatic heterocycles. The molecule has 1 atom stereocenters. The van der Waals surface area contributed by atoms with Crippen molar-refractivity contribution in [2.75, 3.05) is 6.61 Å². The third-order valence-electron chi connectivity index (χ3n) is 4.77. The van der Waals surface area contributed by atoms with E-state index in [1.807, 2.05) is 6.07 Å². The van der Waals surface area contributed by atoms with Crippen LogP contribution in [0.4, 0.5) is 17.6 Å². The van der Waals surface area contributed by atoms with Gasteiger partial charge in [0.2, 0.25) is 0 Å². The maximum atomic E-state index is 15.0. The lowest BCUT2D eigenvalue weighted by molar-refractivity contribution is -0.144. The fraction of sp³-hybridized carbons (Fsp3) is 0.300. The molecule has 1 aromatic carbocycles. The first-order valence-corrected chi connectivity index (χ1v) is 9.64. The smallest absolute Gasteiger partial charge is 0.431 e. The molecule has 0 aliphatic carbocycles. The molecule has 174 valence electrons. The lowest BCUT2D eigenvalue weighted by atomic mass is 10.0. The minimum Gasteiger partial charge on any atom is -0.462 e. The summed E-state index contributed by atoms with van der Waals surface area (Å²) in [6, 6.07) is 2.62. The van der Waals surface area contributed by atoms with Gasteiger partial charge < -0.3 is 9.15 Å². The number of esters is 1. The largest absolute Gasteiger partial charge is 0.462 e. The number of aromatic nitrogens is 2. The third-order valence-corrected chi connectivity index (χ3v) is 5.07. The highest BCUT2D eigenvalue weighted by molar-refractivity contribution is 6.37. The summed E-state index contributed by atoms with van der Waals surface area (Å²) >= 11 is 6.12. The molecular formula is C20H14ClF4N3O5. The highest BCUT2D eigenvalue weighted by atomic mass is 35.5. The van der Waals surface area contributed by atoms with Gasteiger partial charge in [0.25, 0.3) is 5.56 Å². The van der Waals surface area contributed by atoms with Gasteiger partial charge in [0, 0.05) is 13.1 Å². The van der Waals surface area contributed by atoms with Gasteiger partial charge in [-0.15, -0.1) is 0 Å². The van der Waals surface area contributed by atoms with Crippen LogP contribution in [0.15, 0.2) is 26.1 Å². The van der Waals surface area contributed by atoms with Crippen molar-refractivity contribution in [3.05, 3.63) is 60.8 Å². The van der Waals surface area contributed by atoms with E-state index in [0.717, 1.165) is 7.05 Å². The fourth-order valence-corrected chi connectivity index (χ4v) is 3.56. The van der Waals surface area contributed by atoms with Crippen LogP contribution in [0, 0.1) is 17.1 Å². The molecule has 13 heteroatoms. The SMILES string of the molecule is CCOC(=O)c1c(C(C)C#N)oc2c(-n3c(=O)cc(C(F)(F)F)n(C)c3=O)c(F)cc(Cl)c12. The summed E-state index contributed by atoms with van der Waals surface area (Å²) in [5, 5.41) is 8.67. The van der Waals surface area contributed by atoms with Crippen molar-refractivity contribution >= 4 is 28.5 Å². The standard InChI is InChI=1S/C20H14ClF4N3O5/c1-4-32-18(30)14-13-9(21)5-10(22)15(17(13)33-16(14)8(2)7-26)28-12(29)6-11(20(23,24)25)27(3)19(28)31/h5-6,8H,4H2,1-3H3.